The summed E-state index contributed by atoms with van der Waals surface area (Å²) in [5.74, 6) is 0.842. The Hall–Kier alpha value is -1.16. The monoisotopic (exact) mass is 299 g/mol. The first-order valence-corrected chi connectivity index (χ1v) is 7.72. The van der Waals surface area contributed by atoms with E-state index in [1.807, 2.05) is 12.1 Å². The van der Waals surface area contributed by atoms with Gasteiger partial charge in [0.05, 0.1) is 0 Å². The van der Waals surface area contributed by atoms with Crippen LogP contribution in [0.2, 0.25) is 0 Å². The van der Waals surface area contributed by atoms with E-state index < -0.39 is 6.61 Å². The fourth-order valence-electron chi connectivity index (χ4n) is 2.45. The van der Waals surface area contributed by atoms with Gasteiger partial charge in [-0.05, 0) is 49.8 Å². The largest absolute Gasteiger partial charge is 0.435 e. The molecule has 0 spiro atoms. The number of hydrogen-bond acceptors (Lipinski definition) is 2. The lowest BCUT2D eigenvalue weighted by atomic mass is 9.99. The molecule has 120 valence electrons. The Kier molecular flexibility index (Phi) is 7.65. The first-order valence-electron chi connectivity index (χ1n) is 7.72. The van der Waals surface area contributed by atoms with Crippen LogP contribution >= 0.6 is 0 Å². The molecular weight excluding hydrogens is 272 g/mol. The summed E-state index contributed by atoms with van der Waals surface area (Å²) in [6.07, 6.45) is 3.08. The molecule has 0 radical (unpaired) electrons. The van der Waals surface area contributed by atoms with Gasteiger partial charge in [0.25, 0.3) is 0 Å². The Morgan fingerprint density at radius 1 is 1.10 bits per heavy atom. The third-order valence-corrected chi connectivity index (χ3v) is 3.76. The van der Waals surface area contributed by atoms with Gasteiger partial charge in [0, 0.05) is 12.1 Å². The van der Waals surface area contributed by atoms with Crippen molar-refractivity contribution in [2.45, 2.75) is 65.7 Å². The van der Waals surface area contributed by atoms with Crippen molar-refractivity contribution in [1.82, 2.24) is 5.32 Å². The van der Waals surface area contributed by atoms with Crippen LogP contribution in [0.15, 0.2) is 24.3 Å². The van der Waals surface area contributed by atoms with Crippen LogP contribution in [0.4, 0.5) is 8.78 Å². The number of rotatable bonds is 9. The van der Waals surface area contributed by atoms with Gasteiger partial charge in [-0.15, -0.1) is 0 Å². The predicted molar refractivity (Wildman–Crippen MR) is 82.9 cm³/mol. The number of ether oxygens (including phenoxy) is 1. The Balaban J connectivity index is 2.40. The molecule has 0 bridgehead atoms. The van der Waals surface area contributed by atoms with Gasteiger partial charge < -0.3 is 10.1 Å². The van der Waals surface area contributed by atoms with Crippen molar-refractivity contribution in [3.63, 3.8) is 0 Å². The van der Waals surface area contributed by atoms with Crippen LogP contribution in [0.25, 0.3) is 0 Å². The molecule has 1 aromatic carbocycles. The molecule has 0 aliphatic heterocycles. The molecule has 0 aliphatic carbocycles. The van der Waals surface area contributed by atoms with Crippen LogP contribution < -0.4 is 10.1 Å². The molecule has 0 amide bonds. The second-order valence-corrected chi connectivity index (χ2v) is 5.89. The normalized spacial score (nSPS) is 14.5. The van der Waals surface area contributed by atoms with E-state index in [-0.39, 0.29) is 5.75 Å². The van der Waals surface area contributed by atoms with Gasteiger partial charge in [-0.25, -0.2) is 0 Å². The van der Waals surface area contributed by atoms with Crippen LogP contribution in [0.1, 0.15) is 46.1 Å². The average Bonchev–Trinajstić information content (AvgIpc) is 2.43. The summed E-state index contributed by atoms with van der Waals surface area (Å²) in [5, 5.41) is 3.65. The van der Waals surface area contributed by atoms with Gasteiger partial charge in [-0.3, -0.25) is 0 Å². The fraction of sp³-hybridized carbons (Fsp3) is 0.647. The Labute approximate surface area is 126 Å². The van der Waals surface area contributed by atoms with Crippen molar-refractivity contribution in [1.29, 1.82) is 0 Å². The van der Waals surface area contributed by atoms with Gasteiger partial charge in [0.15, 0.2) is 0 Å². The first-order chi connectivity index (χ1) is 9.92. The van der Waals surface area contributed by atoms with Crippen molar-refractivity contribution in [2.75, 3.05) is 0 Å². The molecule has 0 aliphatic rings. The number of halogens is 2. The van der Waals surface area contributed by atoms with Crippen LogP contribution in [-0.4, -0.2) is 18.7 Å². The highest BCUT2D eigenvalue weighted by Gasteiger charge is 2.13. The van der Waals surface area contributed by atoms with E-state index in [4.69, 9.17) is 0 Å². The van der Waals surface area contributed by atoms with E-state index in [0.717, 1.165) is 24.8 Å². The third kappa shape index (κ3) is 6.89. The standard InChI is InChI=1S/C17H27F2NO/c1-5-16(12(2)3)20-13(4)6-7-14-8-10-15(11-9-14)21-17(18)19/h8-13,16-17,20H,5-7H2,1-4H3. The highest BCUT2D eigenvalue weighted by molar-refractivity contribution is 5.27. The van der Waals surface area contributed by atoms with Crippen LogP contribution in [0, 0.1) is 5.92 Å². The van der Waals surface area contributed by atoms with Gasteiger partial charge in [0.2, 0.25) is 0 Å². The topological polar surface area (TPSA) is 21.3 Å². The molecule has 1 aromatic rings. The van der Waals surface area contributed by atoms with E-state index in [9.17, 15) is 8.78 Å². The molecular formula is C17H27F2NO. The summed E-state index contributed by atoms with van der Waals surface area (Å²) >= 11 is 0. The minimum Gasteiger partial charge on any atom is -0.435 e. The maximum Gasteiger partial charge on any atom is 0.387 e. The maximum atomic E-state index is 12.1. The summed E-state index contributed by atoms with van der Waals surface area (Å²) in [6.45, 7) is 6.10. The van der Waals surface area contributed by atoms with E-state index in [0.29, 0.717) is 18.0 Å². The molecule has 0 saturated carbocycles. The summed E-state index contributed by atoms with van der Waals surface area (Å²) in [4.78, 5) is 0. The zero-order valence-electron chi connectivity index (χ0n) is 13.4. The molecule has 4 heteroatoms. The lowest BCUT2D eigenvalue weighted by molar-refractivity contribution is -0.0498. The highest BCUT2D eigenvalue weighted by atomic mass is 19.3. The maximum absolute atomic E-state index is 12.1. The fourth-order valence-corrected chi connectivity index (χ4v) is 2.45. The molecule has 0 fully saturated rings. The molecule has 2 nitrogen and oxygen atoms in total. The molecule has 1 rings (SSSR count). The van der Waals surface area contributed by atoms with Crippen LogP contribution in [0.5, 0.6) is 5.75 Å². The minimum absolute atomic E-state index is 0.214. The van der Waals surface area contributed by atoms with Crippen LogP contribution in [0.3, 0.4) is 0 Å². The van der Waals surface area contributed by atoms with Crippen molar-refractivity contribution in [3.8, 4) is 5.75 Å². The van der Waals surface area contributed by atoms with Crippen molar-refractivity contribution < 1.29 is 13.5 Å². The van der Waals surface area contributed by atoms with E-state index in [2.05, 4.69) is 37.7 Å². The average molecular weight is 299 g/mol. The van der Waals surface area contributed by atoms with Gasteiger partial charge in [0.1, 0.15) is 5.75 Å². The lowest BCUT2D eigenvalue weighted by Gasteiger charge is -2.25. The van der Waals surface area contributed by atoms with Crippen molar-refractivity contribution in [2.24, 2.45) is 5.92 Å². The number of alkyl halides is 2. The SMILES string of the molecule is CCC(NC(C)CCc1ccc(OC(F)F)cc1)C(C)C. The molecule has 1 N–H and O–H groups in total. The van der Waals surface area contributed by atoms with E-state index in [1.54, 1.807) is 12.1 Å². The van der Waals surface area contributed by atoms with Crippen molar-refractivity contribution >= 4 is 0 Å². The zero-order chi connectivity index (χ0) is 15.8. The quantitative estimate of drug-likeness (QED) is 0.717. The molecule has 2 atom stereocenters. The zero-order valence-corrected chi connectivity index (χ0v) is 13.4. The summed E-state index contributed by atoms with van der Waals surface area (Å²) < 4.78 is 28.5. The second-order valence-electron chi connectivity index (χ2n) is 5.89. The van der Waals surface area contributed by atoms with Crippen LogP contribution in [-0.2, 0) is 6.42 Å². The predicted octanol–water partition coefficient (Wildman–Crippen LogP) is 4.63. The number of aryl methyl sites for hydroxylation is 1. The number of nitrogens with one attached hydrogen (secondary N) is 1. The summed E-state index contributed by atoms with van der Waals surface area (Å²) in [7, 11) is 0. The van der Waals surface area contributed by atoms with Gasteiger partial charge in [-0.2, -0.15) is 8.78 Å². The molecule has 0 saturated heterocycles. The highest BCUT2D eigenvalue weighted by Crippen LogP contribution is 2.16. The third-order valence-electron chi connectivity index (χ3n) is 3.76. The number of hydrogen-bond donors (Lipinski definition) is 1. The Morgan fingerprint density at radius 2 is 1.71 bits per heavy atom. The van der Waals surface area contributed by atoms with Crippen molar-refractivity contribution in [3.05, 3.63) is 29.8 Å². The molecule has 2 unspecified atom stereocenters. The summed E-state index contributed by atoms with van der Waals surface area (Å²) in [5.41, 5.74) is 1.14. The molecule has 0 heterocycles. The molecule has 21 heavy (non-hydrogen) atoms. The van der Waals surface area contributed by atoms with E-state index in [1.165, 1.54) is 0 Å². The smallest absolute Gasteiger partial charge is 0.387 e. The Morgan fingerprint density at radius 3 is 2.19 bits per heavy atom. The van der Waals surface area contributed by atoms with Gasteiger partial charge in [-0.1, -0.05) is 32.9 Å². The second kappa shape index (κ2) is 8.98. The van der Waals surface area contributed by atoms with Gasteiger partial charge >= 0.3 is 6.61 Å². The summed E-state index contributed by atoms with van der Waals surface area (Å²) in [6, 6.07) is 7.88. The molecule has 0 aromatic heterocycles. The number of benzene rings is 1. The van der Waals surface area contributed by atoms with E-state index >= 15 is 0 Å². The lowest BCUT2D eigenvalue weighted by Crippen LogP contribution is -2.39. The first kappa shape index (κ1) is 17.9. The Bertz CT molecular complexity index is 392. The minimum atomic E-state index is -2.76.